The molecule has 40 heavy (non-hydrogen) atoms. The summed E-state index contributed by atoms with van der Waals surface area (Å²) < 4.78 is 19.7. The topological polar surface area (TPSA) is 82.6 Å². The predicted octanol–water partition coefficient (Wildman–Crippen LogP) is 4.80. The summed E-state index contributed by atoms with van der Waals surface area (Å²) in [5.74, 6) is 1.95. The first-order chi connectivity index (χ1) is 19.0. The van der Waals surface area contributed by atoms with Gasteiger partial charge in [-0.3, -0.25) is 14.3 Å². The lowest BCUT2D eigenvalue weighted by atomic mass is 10.2. The van der Waals surface area contributed by atoms with Gasteiger partial charge in [-0.05, 0) is 34.1 Å². The molecule has 2 fully saturated rings. The maximum atomic E-state index is 12.8. The zero-order chi connectivity index (χ0) is 28.5. The third kappa shape index (κ3) is 6.03. The van der Waals surface area contributed by atoms with Crippen LogP contribution in [-0.2, 0) is 25.5 Å². The number of aromatic nitrogens is 2. The second kappa shape index (κ2) is 12.0. The molecule has 1 aromatic heterocycles. The molecule has 0 saturated carbocycles. The second-order valence-corrected chi connectivity index (χ2v) is 26.1. The average Bonchev–Trinajstić information content (AvgIpc) is 3.53. The van der Waals surface area contributed by atoms with E-state index in [-0.39, 0.29) is 17.7 Å². The molecule has 7 nitrogen and oxygen atoms in total. The highest BCUT2D eigenvalue weighted by molar-refractivity contribution is 9.00. The number of benzene rings is 2. The second-order valence-electron chi connectivity index (χ2n) is 11.1. The molecular weight excluding hydrogens is 600 g/mol. The van der Waals surface area contributed by atoms with E-state index in [2.05, 4.69) is 74.3 Å². The number of H-pyrrole nitrogens is 1. The van der Waals surface area contributed by atoms with Crippen molar-refractivity contribution in [3.8, 4) is 0 Å². The van der Waals surface area contributed by atoms with E-state index >= 15 is 0 Å². The molecule has 0 radical (unpaired) electrons. The highest BCUT2D eigenvalue weighted by Gasteiger charge is 2.52. The van der Waals surface area contributed by atoms with Crippen molar-refractivity contribution in [1.29, 1.82) is 0 Å². The highest BCUT2D eigenvalue weighted by Crippen LogP contribution is 2.75. The minimum Gasteiger partial charge on any atom is -0.405 e. The van der Waals surface area contributed by atoms with Crippen LogP contribution in [0.25, 0.3) is 0 Å². The van der Waals surface area contributed by atoms with E-state index in [0.717, 1.165) is 11.5 Å². The Hall–Kier alpha value is -1.43. The molecule has 2 aliphatic rings. The van der Waals surface area contributed by atoms with Crippen molar-refractivity contribution in [2.24, 2.45) is 0 Å². The van der Waals surface area contributed by atoms with Crippen LogP contribution < -0.4 is 21.6 Å². The van der Waals surface area contributed by atoms with Gasteiger partial charge in [-0.1, -0.05) is 104 Å². The zero-order valence-electron chi connectivity index (χ0n) is 23.1. The van der Waals surface area contributed by atoms with E-state index in [1.165, 1.54) is 14.9 Å². The van der Waals surface area contributed by atoms with Crippen LogP contribution in [0.4, 0.5) is 0 Å². The van der Waals surface area contributed by atoms with Gasteiger partial charge in [0.25, 0.3) is 13.9 Å². The number of rotatable bonds is 8. The van der Waals surface area contributed by atoms with Crippen molar-refractivity contribution in [3.63, 3.8) is 0 Å². The fraction of sp³-hybridized carbons (Fsp3) is 0.429. The van der Waals surface area contributed by atoms with Crippen LogP contribution >= 0.6 is 27.4 Å². The number of hydrogen-bond donors (Lipinski definition) is 1. The van der Waals surface area contributed by atoms with E-state index < -0.39 is 36.6 Å². The van der Waals surface area contributed by atoms with E-state index in [1.54, 1.807) is 35.9 Å². The highest BCUT2D eigenvalue weighted by atomic mass is 33.2. The average molecular weight is 635 g/mol. The molecule has 0 amide bonds. The Kier molecular flexibility index (Phi) is 9.05. The summed E-state index contributed by atoms with van der Waals surface area (Å²) in [6, 6.07) is 21.0. The first-order valence-electron chi connectivity index (χ1n) is 13.3. The molecule has 12 heteroatoms. The molecule has 2 saturated heterocycles. The van der Waals surface area contributed by atoms with Crippen molar-refractivity contribution in [2.45, 2.75) is 57.6 Å². The molecule has 3 aromatic rings. The minimum absolute atomic E-state index is 0.194. The number of aryl methyl sites for hydroxylation is 1. The van der Waals surface area contributed by atoms with Crippen LogP contribution in [-0.4, -0.2) is 48.2 Å². The number of ether oxygens (including phenoxy) is 1. The summed E-state index contributed by atoms with van der Waals surface area (Å²) in [6.07, 6.45) is 0.629. The number of nitrogens with one attached hydrogen (secondary N) is 1. The predicted molar refractivity (Wildman–Crippen MR) is 172 cm³/mol. The van der Waals surface area contributed by atoms with Crippen LogP contribution in [0.3, 0.4) is 0 Å². The van der Waals surface area contributed by atoms with Gasteiger partial charge < -0.3 is 13.7 Å². The summed E-state index contributed by atoms with van der Waals surface area (Å²) >= 11 is 9.40. The normalized spacial score (nSPS) is 22.9. The molecule has 2 aromatic carbocycles. The van der Waals surface area contributed by atoms with Crippen LogP contribution in [0.5, 0.6) is 0 Å². The van der Waals surface area contributed by atoms with Crippen LogP contribution in [0.1, 0.15) is 39.0 Å². The van der Waals surface area contributed by atoms with E-state index in [9.17, 15) is 9.59 Å². The van der Waals surface area contributed by atoms with Gasteiger partial charge in [0.1, 0.15) is 12.3 Å². The quantitative estimate of drug-likeness (QED) is 0.280. The van der Waals surface area contributed by atoms with Crippen LogP contribution in [0.2, 0.25) is 5.04 Å². The van der Waals surface area contributed by atoms with E-state index in [0.29, 0.717) is 12.0 Å². The van der Waals surface area contributed by atoms with Crippen LogP contribution in [0.15, 0.2) is 76.4 Å². The summed E-state index contributed by atoms with van der Waals surface area (Å²) in [7, 11) is -2.82. The van der Waals surface area contributed by atoms with Crippen molar-refractivity contribution in [3.05, 3.63) is 93.3 Å². The Morgan fingerprint density at radius 1 is 1.05 bits per heavy atom. The Labute approximate surface area is 249 Å². The molecule has 0 bridgehead atoms. The summed E-state index contributed by atoms with van der Waals surface area (Å²) in [4.78, 5) is 27.2. The maximum absolute atomic E-state index is 12.8. The van der Waals surface area contributed by atoms with Crippen molar-refractivity contribution in [2.75, 3.05) is 18.1 Å². The Balaban J connectivity index is 1.51. The fourth-order valence-corrected chi connectivity index (χ4v) is 19.4. The van der Waals surface area contributed by atoms with Gasteiger partial charge in [0.15, 0.2) is 4.67 Å². The van der Waals surface area contributed by atoms with Crippen molar-refractivity contribution in [1.82, 2.24) is 9.55 Å². The number of nitrogens with zero attached hydrogens (tertiary/aromatic N) is 1. The summed E-state index contributed by atoms with van der Waals surface area (Å²) in [5, 5.41) is 2.17. The van der Waals surface area contributed by atoms with Crippen LogP contribution in [0, 0.1) is 6.92 Å². The Morgan fingerprint density at radius 3 is 2.17 bits per heavy atom. The third-order valence-corrected chi connectivity index (χ3v) is 22.1. The molecule has 214 valence electrons. The number of hydrogen-bond acceptors (Lipinski definition) is 8. The summed E-state index contributed by atoms with van der Waals surface area (Å²) in [6.45, 7) is 8.68. The molecule has 0 spiro atoms. The summed E-state index contributed by atoms with van der Waals surface area (Å²) in [5.41, 5.74) is -0.449. The SMILES string of the molecule is Cc1cn([C@H]2C[C@H](OP3(=S)SCCS3)[C@@H](CO[Si](c3ccccc3)(c3ccccc3)C(C)(C)C)O2)c(=O)[nH]c1=O. The molecule has 5 rings (SSSR count). The maximum Gasteiger partial charge on any atom is 0.330 e. The number of aromatic amines is 1. The first-order valence-corrected chi connectivity index (χ1v) is 21.1. The third-order valence-electron chi connectivity index (χ3n) is 7.36. The van der Waals surface area contributed by atoms with Gasteiger partial charge in [-0.2, -0.15) is 0 Å². The Bertz CT molecular complexity index is 1450. The lowest BCUT2D eigenvalue weighted by Gasteiger charge is -2.43. The molecular formula is C28H35N2O5PS3Si. The van der Waals surface area contributed by atoms with Gasteiger partial charge >= 0.3 is 5.69 Å². The zero-order valence-corrected chi connectivity index (χ0v) is 27.4. The van der Waals surface area contributed by atoms with Gasteiger partial charge in [-0.15, -0.1) is 0 Å². The smallest absolute Gasteiger partial charge is 0.330 e. The molecule has 0 aliphatic carbocycles. The molecule has 2 aliphatic heterocycles. The molecule has 1 N–H and O–H groups in total. The van der Waals surface area contributed by atoms with Gasteiger partial charge in [0, 0.05) is 29.7 Å². The van der Waals surface area contributed by atoms with Gasteiger partial charge in [0.05, 0.1) is 12.7 Å². The van der Waals surface area contributed by atoms with E-state index in [1.807, 2.05) is 12.1 Å². The van der Waals surface area contributed by atoms with Crippen molar-refractivity contribution >= 4 is 57.9 Å². The van der Waals surface area contributed by atoms with Crippen molar-refractivity contribution < 1.29 is 13.7 Å². The van der Waals surface area contributed by atoms with Gasteiger partial charge in [-0.25, -0.2) is 4.79 Å². The monoisotopic (exact) mass is 634 g/mol. The molecule has 3 heterocycles. The largest absolute Gasteiger partial charge is 0.405 e. The minimum atomic E-state index is -2.82. The Morgan fingerprint density at radius 2 is 1.62 bits per heavy atom. The molecule has 0 unspecified atom stereocenters. The lowest BCUT2D eigenvalue weighted by Crippen LogP contribution is -2.67. The lowest BCUT2D eigenvalue weighted by molar-refractivity contribution is -0.0373. The fourth-order valence-electron chi connectivity index (χ4n) is 5.46. The molecule has 3 atom stereocenters. The van der Waals surface area contributed by atoms with Gasteiger partial charge in [0.2, 0.25) is 0 Å². The van der Waals surface area contributed by atoms with E-state index in [4.69, 9.17) is 25.5 Å². The first kappa shape index (κ1) is 30.0. The standard InChI is InChI=1S/C28H35N2O5PS3Si/c1-20-18-30(27(32)29-26(20)31)25-17-23(35-36(37)38-15-16-39-36)24(34-25)19-33-40(28(2,3)4,21-11-7-5-8-12-21)22-13-9-6-10-14-22/h5-14,18,23-25H,15-17,19H2,1-4H3,(H,29,31,32)/t23-,24+,25+/m0/s1.